The van der Waals surface area contributed by atoms with Crippen LogP contribution < -0.4 is 10.9 Å². The lowest BCUT2D eigenvalue weighted by Crippen LogP contribution is -2.47. The van der Waals surface area contributed by atoms with Crippen LogP contribution in [-0.4, -0.2) is 52.9 Å². The molecule has 0 aliphatic rings. The monoisotopic (exact) mass is 433 g/mol. The van der Waals surface area contributed by atoms with E-state index in [0.29, 0.717) is 11.0 Å². The van der Waals surface area contributed by atoms with Gasteiger partial charge in [-0.25, -0.2) is 19.4 Å². The zero-order valence-corrected chi connectivity index (χ0v) is 18.2. The molecule has 2 rings (SSSR count). The number of carbonyl (C=O) groups is 3. The van der Waals surface area contributed by atoms with E-state index in [9.17, 15) is 19.2 Å². The van der Waals surface area contributed by atoms with Crippen molar-refractivity contribution in [2.24, 2.45) is 5.92 Å². The van der Waals surface area contributed by atoms with E-state index in [1.165, 1.54) is 12.3 Å². The highest BCUT2D eigenvalue weighted by atomic mass is 16.6. The number of nitrogens with zero attached hydrogens (tertiary/aromatic N) is 1. The Hall–Kier alpha value is -3.43. The molecule has 0 radical (unpaired) electrons. The number of rotatable bonds is 7. The van der Waals surface area contributed by atoms with Crippen molar-refractivity contribution < 1.29 is 28.6 Å². The van der Waals surface area contributed by atoms with E-state index in [1.54, 1.807) is 46.8 Å². The predicted octanol–water partition coefficient (Wildman–Crippen LogP) is 2.17. The summed E-state index contributed by atoms with van der Waals surface area (Å²) < 4.78 is 15.3. The van der Waals surface area contributed by atoms with Gasteiger partial charge in [0, 0.05) is 11.6 Å². The van der Waals surface area contributed by atoms with Crippen LogP contribution >= 0.6 is 0 Å². The zero-order valence-electron chi connectivity index (χ0n) is 18.2. The minimum atomic E-state index is -0.929. The fraction of sp³-hybridized carbons (Fsp3) is 0.476. The van der Waals surface area contributed by atoms with Gasteiger partial charge in [0.1, 0.15) is 36.1 Å². The summed E-state index contributed by atoms with van der Waals surface area (Å²) in [7, 11) is 0. The van der Waals surface area contributed by atoms with Crippen LogP contribution in [0.1, 0.15) is 45.0 Å². The standard InChI is InChI=1S/C21H27N3O7/c1-12(2)15(23-20(28)31-21(3,4)5)19(27)30-10-9-29-18(26)14-11-13-7-6-8-22-16(13)24-17(14)25/h6-8,11-12,15H,9-10H2,1-5H3,(H,23,28)(H,22,24,25). The van der Waals surface area contributed by atoms with Crippen LogP contribution in [0.2, 0.25) is 0 Å². The van der Waals surface area contributed by atoms with Crippen molar-refractivity contribution in [2.45, 2.75) is 46.3 Å². The van der Waals surface area contributed by atoms with Crippen molar-refractivity contribution in [1.29, 1.82) is 0 Å². The van der Waals surface area contributed by atoms with Gasteiger partial charge in [-0.1, -0.05) is 13.8 Å². The summed E-state index contributed by atoms with van der Waals surface area (Å²) in [5.74, 6) is -1.80. The summed E-state index contributed by atoms with van der Waals surface area (Å²) in [6.07, 6.45) is 0.784. The fourth-order valence-corrected chi connectivity index (χ4v) is 2.56. The maximum Gasteiger partial charge on any atom is 0.408 e. The molecule has 1 amide bonds. The number of pyridine rings is 2. The molecule has 0 saturated carbocycles. The second-order valence-electron chi connectivity index (χ2n) is 8.12. The van der Waals surface area contributed by atoms with Crippen LogP contribution in [0.25, 0.3) is 11.0 Å². The van der Waals surface area contributed by atoms with Gasteiger partial charge in [-0.2, -0.15) is 0 Å². The number of hydrogen-bond acceptors (Lipinski definition) is 8. The molecule has 0 aromatic carbocycles. The highest BCUT2D eigenvalue weighted by Gasteiger charge is 2.28. The minimum absolute atomic E-state index is 0.182. The van der Waals surface area contributed by atoms with Gasteiger partial charge in [-0.15, -0.1) is 0 Å². The number of alkyl carbamates (subject to hydrolysis) is 1. The number of aromatic nitrogens is 2. The van der Waals surface area contributed by atoms with E-state index in [1.807, 2.05) is 0 Å². The number of H-pyrrole nitrogens is 1. The normalized spacial score (nSPS) is 12.3. The van der Waals surface area contributed by atoms with Crippen LogP contribution in [0.15, 0.2) is 29.2 Å². The molecule has 0 aliphatic heterocycles. The highest BCUT2D eigenvalue weighted by molar-refractivity contribution is 5.92. The van der Waals surface area contributed by atoms with Crippen LogP contribution in [0.3, 0.4) is 0 Å². The van der Waals surface area contributed by atoms with Crippen LogP contribution in [0, 0.1) is 5.92 Å². The van der Waals surface area contributed by atoms with Crippen molar-refractivity contribution in [2.75, 3.05) is 13.2 Å². The molecule has 2 N–H and O–H groups in total. The maximum atomic E-state index is 12.3. The second-order valence-corrected chi connectivity index (χ2v) is 8.12. The maximum absolute atomic E-state index is 12.3. The first-order valence-corrected chi connectivity index (χ1v) is 9.79. The molecule has 2 aromatic rings. The summed E-state index contributed by atoms with van der Waals surface area (Å²) in [5.41, 5.74) is -1.16. The first-order valence-electron chi connectivity index (χ1n) is 9.79. The van der Waals surface area contributed by atoms with E-state index in [4.69, 9.17) is 14.2 Å². The van der Waals surface area contributed by atoms with Crippen molar-refractivity contribution >= 4 is 29.1 Å². The van der Waals surface area contributed by atoms with Crippen molar-refractivity contribution in [3.8, 4) is 0 Å². The third kappa shape index (κ3) is 7.09. The molecule has 0 aliphatic carbocycles. The van der Waals surface area contributed by atoms with Crippen LogP contribution in [0.5, 0.6) is 0 Å². The quantitative estimate of drug-likeness (QED) is 0.385. The number of nitrogens with one attached hydrogen (secondary N) is 2. The molecule has 0 saturated heterocycles. The average molecular weight is 433 g/mol. The molecule has 1 atom stereocenters. The SMILES string of the molecule is CC(C)C(NC(=O)OC(C)(C)C)C(=O)OCCOC(=O)c1cc2cccnc2[nH]c1=O. The summed E-state index contributed by atoms with van der Waals surface area (Å²) >= 11 is 0. The number of aromatic amines is 1. The van der Waals surface area contributed by atoms with Gasteiger partial charge in [0.05, 0.1) is 0 Å². The number of carbonyl (C=O) groups excluding carboxylic acids is 3. The van der Waals surface area contributed by atoms with Gasteiger partial charge in [0.2, 0.25) is 0 Å². The number of fused-ring (bicyclic) bond motifs is 1. The molecule has 168 valence electrons. The second kappa shape index (κ2) is 10.1. The van der Waals surface area contributed by atoms with Crippen LogP contribution in [-0.2, 0) is 19.0 Å². The largest absolute Gasteiger partial charge is 0.461 e. The van der Waals surface area contributed by atoms with Gasteiger partial charge in [-0.05, 0) is 44.9 Å². The topological polar surface area (TPSA) is 137 Å². The number of esters is 2. The molecule has 0 bridgehead atoms. The van der Waals surface area contributed by atoms with Gasteiger partial charge in [-0.3, -0.25) is 4.79 Å². The van der Waals surface area contributed by atoms with Gasteiger partial charge < -0.3 is 24.5 Å². The lowest BCUT2D eigenvalue weighted by atomic mass is 10.1. The van der Waals surface area contributed by atoms with Gasteiger partial charge >= 0.3 is 18.0 Å². The molecule has 10 nitrogen and oxygen atoms in total. The lowest BCUT2D eigenvalue weighted by molar-refractivity contribution is -0.148. The Balaban J connectivity index is 1.88. The number of hydrogen-bond donors (Lipinski definition) is 2. The Bertz CT molecular complexity index is 1010. The summed E-state index contributed by atoms with van der Waals surface area (Å²) in [4.78, 5) is 55.0. The Morgan fingerprint density at radius 2 is 1.84 bits per heavy atom. The van der Waals surface area contributed by atoms with E-state index < -0.39 is 35.2 Å². The van der Waals surface area contributed by atoms with E-state index >= 15 is 0 Å². The molecular formula is C21H27N3O7. The smallest absolute Gasteiger partial charge is 0.408 e. The lowest BCUT2D eigenvalue weighted by Gasteiger charge is -2.24. The number of ether oxygens (including phenoxy) is 3. The van der Waals surface area contributed by atoms with Crippen molar-refractivity contribution in [3.63, 3.8) is 0 Å². The Morgan fingerprint density at radius 1 is 1.16 bits per heavy atom. The summed E-state index contributed by atoms with van der Waals surface area (Å²) in [6.45, 7) is 8.11. The third-order valence-corrected chi connectivity index (χ3v) is 3.99. The Kier molecular flexibility index (Phi) is 7.73. The molecule has 2 aromatic heterocycles. The van der Waals surface area contributed by atoms with Crippen LogP contribution in [0.4, 0.5) is 4.79 Å². The Labute approximate surface area is 179 Å². The predicted molar refractivity (Wildman–Crippen MR) is 112 cm³/mol. The van der Waals surface area contributed by atoms with Crippen molar-refractivity contribution in [3.05, 3.63) is 40.3 Å². The first-order chi connectivity index (χ1) is 14.5. The van der Waals surface area contributed by atoms with E-state index in [2.05, 4.69) is 15.3 Å². The Morgan fingerprint density at radius 3 is 2.48 bits per heavy atom. The third-order valence-electron chi connectivity index (χ3n) is 3.99. The summed E-state index contributed by atoms with van der Waals surface area (Å²) in [5, 5.41) is 3.06. The molecule has 2 heterocycles. The minimum Gasteiger partial charge on any atom is -0.461 e. The summed E-state index contributed by atoms with van der Waals surface area (Å²) in [6, 6.07) is 3.82. The van der Waals surface area contributed by atoms with Gasteiger partial charge in [0.25, 0.3) is 5.56 Å². The van der Waals surface area contributed by atoms with Crippen molar-refractivity contribution in [1.82, 2.24) is 15.3 Å². The highest BCUT2D eigenvalue weighted by Crippen LogP contribution is 2.10. The molecule has 0 fully saturated rings. The molecule has 1 unspecified atom stereocenters. The van der Waals surface area contributed by atoms with E-state index in [-0.39, 0.29) is 24.7 Å². The molecular weight excluding hydrogens is 406 g/mol. The average Bonchev–Trinajstić information content (AvgIpc) is 2.67. The first kappa shape index (κ1) is 23.8. The fourth-order valence-electron chi connectivity index (χ4n) is 2.56. The van der Waals surface area contributed by atoms with Gasteiger partial charge in [0.15, 0.2) is 0 Å². The number of amides is 1. The van der Waals surface area contributed by atoms with E-state index in [0.717, 1.165) is 0 Å². The zero-order chi connectivity index (χ0) is 23.2. The molecule has 0 spiro atoms. The molecule has 31 heavy (non-hydrogen) atoms. The molecule has 10 heteroatoms.